The summed E-state index contributed by atoms with van der Waals surface area (Å²) in [6, 6.07) is 38.4. The largest absolute Gasteiger partial charge is 0.0619 e. The third-order valence-electron chi connectivity index (χ3n) is 12.6. The van der Waals surface area contributed by atoms with E-state index in [1.165, 1.54) is 107 Å². The normalized spacial score (nSPS) is 20.1. The second kappa shape index (κ2) is 8.17. The van der Waals surface area contributed by atoms with Crippen LogP contribution in [0.25, 0.3) is 44.5 Å². The molecule has 0 heteroatoms. The van der Waals surface area contributed by atoms with Gasteiger partial charge in [-0.05, 0) is 122 Å². The first-order chi connectivity index (χ1) is 21.0. The fourth-order valence-electron chi connectivity index (χ4n) is 10.5. The van der Waals surface area contributed by atoms with Gasteiger partial charge in [0.25, 0.3) is 0 Å². The molecule has 2 fully saturated rings. The van der Waals surface area contributed by atoms with E-state index >= 15 is 0 Å². The molecule has 0 amide bonds. The van der Waals surface area contributed by atoms with E-state index in [4.69, 9.17) is 0 Å². The van der Waals surface area contributed by atoms with Crippen molar-refractivity contribution in [1.82, 2.24) is 0 Å². The summed E-state index contributed by atoms with van der Waals surface area (Å²) >= 11 is 0. The Balaban J connectivity index is 1.15. The van der Waals surface area contributed by atoms with Crippen molar-refractivity contribution < 1.29 is 0 Å². The molecule has 0 unspecified atom stereocenters. The zero-order valence-corrected chi connectivity index (χ0v) is 25.4. The molecule has 210 valence electrons. The molecular formula is C43H38. The van der Waals surface area contributed by atoms with E-state index in [2.05, 4.69) is 111 Å². The first kappa shape index (κ1) is 24.5. The third kappa shape index (κ3) is 2.93. The second-order valence-electron chi connectivity index (χ2n) is 14.8. The Labute approximate surface area is 255 Å². The Morgan fingerprint density at radius 3 is 1.44 bits per heavy atom. The van der Waals surface area contributed by atoms with Gasteiger partial charge in [0.2, 0.25) is 0 Å². The third-order valence-corrected chi connectivity index (χ3v) is 12.6. The second-order valence-corrected chi connectivity index (χ2v) is 14.8. The molecule has 0 N–H and O–H groups in total. The van der Waals surface area contributed by atoms with E-state index < -0.39 is 0 Å². The number of hydrogen-bond acceptors (Lipinski definition) is 0. The van der Waals surface area contributed by atoms with Crippen molar-refractivity contribution >= 4 is 0 Å². The van der Waals surface area contributed by atoms with E-state index in [1.54, 1.807) is 22.3 Å². The van der Waals surface area contributed by atoms with Crippen molar-refractivity contribution in [2.75, 3.05) is 0 Å². The van der Waals surface area contributed by atoms with Gasteiger partial charge in [0.15, 0.2) is 0 Å². The van der Waals surface area contributed by atoms with Crippen LogP contribution in [-0.2, 0) is 16.2 Å². The summed E-state index contributed by atoms with van der Waals surface area (Å²) in [5.74, 6) is 0. The van der Waals surface area contributed by atoms with E-state index in [-0.39, 0.29) is 16.2 Å². The van der Waals surface area contributed by atoms with Crippen LogP contribution < -0.4 is 0 Å². The minimum atomic E-state index is 0.0224. The molecule has 0 radical (unpaired) electrons. The number of hydrogen-bond donors (Lipinski definition) is 0. The average Bonchev–Trinajstić information content (AvgIpc) is 3.86. The first-order valence-electron chi connectivity index (χ1n) is 16.7. The van der Waals surface area contributed by atoms with Crippen LogP contribution in [0.2, 0.25) is 0 Å². The maximum absolute atomic E-state index is 2.73. The Hall–Kier alpha value is -3.90. The van der Waals surface area contributed by atoms with Crippen LogP contribution in [0.1, 0.15) is 98.6 Å². The topological polar surface area (TPSA) is 0 Å². The highest BCUT2D eigenvalue weighted by atomic mass is 14.5. The van der Waals surface area contributed by atoms with Crippen molar-refractivity contribution in [3.8, 4) is 44.5 Å². The molecule has 43 heavy (non-hydrogen) atoms. The maximum atomic E-state index is 2.73. The standard InChI is InChI=1S/C43H38/c1-41(2)35-13-5-3-11-29(35)31-17-15-27(23-37(31)41)28-16-18-32-34-25-33-30-12-4-6-14-36(30)42(19-7-8-20-42)39(33)26-40(34)43(38(32)24-28)21-9-10-22-43/h3-6,11-18,23-26H,7-10,19-22H2,1-2H3. The molecular weight excluding hydrogens is 516 g/mol. The van der Waals surface area contributed by atoms with Crippen molar-refractivity contribution in [2.45, 2.75) is 81.5 Å². The summed E-state index contributed by atoms with van der Waals surface area (Å²) in [5.41, 5.74) is 21.3. The van der Waals surface area contributed by atoms with Crippen LogP contribution in [0, 0.1) is 0 Å². The molecule has 0 aromatic heterocycles. The molecule has 0 atom stereocenters. The summed E-state index contributed by atoms with van der Waals surface area (Å²) in [6.07, 6.45) is 10.5. The van der Waals surface area contributed by atoms with Gasteiger partial charge in [0.05, 0.1) is 0 Å². The summed E-state index contributed by atoms with van der Waals surface area (Å²) in [4.78, 5) is 0. The van der Waals surface area contributed by atoms with Gasteiger partial charge in [-0.2, -0.15) is 0 Å². The lowest BCUT2D eigenvalue weighted by atomic mass is 9.72. The lowest BCUT2D eigenvalue weighted by molar-refractivity contribution is 0.533. The van der Waals surface area contributed by atoms with Crippen LogP contribution in [0.4, 0.5) is 0 Å². The SMILES string of the molecule is CC1(C)c2ccccc2-c2ccc(-c3ccc4c(c3)C3(CCCC3)c3cc5c(cc3-4)-c3ccccc3C53CCCC3)cc21. The van der Waals surface area contributed by atoms with Crippen LogP contribution in [-0.4, -0.2) is 0 Å². The number of benzene rings is 5. The van der Waals surface area contributed by atoms with Gasteiger partial charge in [0.1, 0.15) is 0 Å². The molecule has 0 nitrogen and oxygen atoms in total. The number of rotatable bonds is 1. The quantitative estimate of drug-likeness (QED) is 0.193. The molecule has 0 bridgehead atoms. The van der Waals surface area contributed by atoms with Gasteiger partial charge in [-0.1, -0.05) is 118 Å². The first-order valence-corrected chi connectivity index (χ1v) is 16.7. The van der Waals surface area contributed by atoms with Crippen LogP contribution >= 0.6 is 0 Å². The van der Waals surface area contributed by atoms with Gasteiger partial charge < -0.3 is 0 Å². The minimum absolute atomic E-state index is 0.0224. The van der Waals surface area contributed by atoms with Gasteiger partial charge in [-0.15, -0.1) is 0 Å². The lowest BCUT2D eigenvalue weighted by Gasteiger charge is -2.30. The van der Waals surface area contributed by atoms with Crippen molar-refractivity contribution in [1.29, 1.82) is 0 Å². The maximum Gasteiger partial charge on any atom is 0.0215 e. The molecule has 5 aromatic carbocycles. The monoisotopic (exact) mass is 554 g/mol. The molecule has 2 spiro atoms. The Bertz CT molecular complexity index is 2000. The molecule has 5 aromatic rings. The highest BCUT2D eigenvalue weighted by Gasteiger charge is 2.50. The predicted molar refractivity (Wildman–Crippen MR) is 179 cm³/mol. The summed E-state index contributed by atoms with van der Waals surface area (Å²) in [7, 11) is 0. The predicted octanol–water partition coefficient (Wildman–Crippen LogP) is 11.3. The molecule has 5 aliphatic carbocycles. The van der Waals surface area contributed by atoms with Crippen LogP contribution in [0.5, 0.6) is 0 Å². The highest BCUT2D eigenvalue weighted by molar-refractivity contribution is 5.92. The molecule has 0 aliphatic heterocycles. The van der Waals surface area contributed by atoms with E-state index in [0.29, 0.717) is 0 Å². The highest BCUT2D eigenvalue weighted by Crippen LogP contribution is 2.63. The van der Waals surface area contributed by atoms with Gasteiger partial charge in [-0.25, -0.2) is 0 Å². The average molecular weight is 555 g/mol. The summed E-state index contributed by atoms with van der Waals surface area (Å²) < 4.78 is 0. The van der Waals surface area contributed by atoms with Crippen LogP contribution in [0.15, 0.2) is 97.1 Å². The molecule has 5 aliphatic rings. The zero-order chi connectivity index (χ0) is 28.6. The summed E-state index contributed by atoms with van der Waals surface area (Å²) in [6.45, 7) is 4.78. The molecule has 0 saturated heterocycles. The van der Waals surface area contributed by atoms with E-state index in [0.717, 1.165) is 0 Å². The lowest BCUT2D eigenvalue weighted by Crippen LogP contribution is -2.24. The Morgan fingerprint density at radius 2 is 0.814 bits per heavy atom. The van der Waals surface area contributed by atoms with E-state index in [9.17, 15) is 0 Å². The molecule has 0 heterocycles. The molecule has 2 saturated carbocycles. The van der Waals surface area contributed by atoms with Crippen LogP contribution in [0.3, 0.4) is 0 Å². The Morgan fingerprint density at radius 1 is 0.372 bits per heavy atom. The van der Waals surface area contributed by atoms with Gasteiger partial charge in [0, 0.05) is 16.2 Å². The Kier molecular flexibility index (Phi) is 4.66. The minimum Gasteiger partial charge on any atom is -0.0619 e. The fourth-order valence-corrected chi connectivity index (χ4v) is 10.5. The van der Waals surface area contributed by atoms with Gasteiger partial charge in [-0.3, -0.25) is 0 Å². The van der Waals surface area contributed by atoms with Crippen molar-refractivity contribution in [3.05, 3.63) is 130 Å². The van der Waals surface area contributed by atoms with Crippen molar-refractivity contribution in [3.63, 3.8) is 0 Å². The number of fused-ring (bicyclic) bond motifs is 13. The molecule has 10 rings (SSSR count). The van der Waals surface area contributed by atoms with E-state index in [1.807, 2.05) is 0 Å². The fraction of sp³-hybridized carbons (Fsp3) is 0.302. The van der Waals surface area contributed by atoms with Gasteiger partial charge >= 0.3 is 0 Å². The zero-order valence-electron chi connectivity index (χ0n) is 25.4. The summed E-state index contributed by atoms with van der Waals surface area (Å²) in [5, 5.41) is 0. The van der Waals surface area contributed by atoms with Crippen molar-refractivity contribution in [2.24, 2.45) is 0 Å². The smallest absolute Gasteiger partial charge is 0.0215 e.